The monoisotopic (exact) mass is 469 g/mol. The van der Waals surface area contributed by atoms with Gasteiger partial charge in [-0.2, -0.15) is 5.10 Å². The van der Waals surface area contributed by atoms with Crippen LogP contribution in [0.1, 0.15) is 11.1 Å². The maximum absolute atomic E-state index is 11.9. The standard InChI is InChI=1S/C23H20ClN3O6/c1-31-22-12-17(8-11-21(22)32-14-16-6-9-18(24)10-7-16)13-25-26-23(28)15-33-20-5-3-2-4-19(20)27(29)30/h2-13H,14-15H2,1H3,(H,26,28). The lowest BCUT2D eigenvalue weighted by atomic mass is 10.2. The number of hydrogen-bond donors (Lipinski definition) is 1. The Labute approximate surface area is 194 Å². The Balaban J connectivity index is 1.53. The molecule has 0 bridgehead atoms. The van der Waals surface area contributed by atoms with E-state index < -0.39 is 17.4 Å². The van der Waals surface area contributed by atoms with Crippen molar-refractivity contribution in [3.8, 4) is 17.2 Å². The first kappa shape index (κ1) is 23.6. The lowest BCUT2D eigenvalue weighted by molar-refractivity contribution is -0.385. The summed E-state index contributed by atoms with van der Waals surface area (Å²) in [5.74, 6) is 0.477. The molecule has 0 unspecified atom stereocenters. The molecule has 0 saturated heterocycles. The molecule has 3 aromatic carbocycles. The summed E-state index contributed by atoms with van der Waals surface area (Å²) in [6.45, 7) is -0.0837. The van der Waals surface area contributed by atoms with Crippen LogP contribution in [-0.2, 0) is 11.4 Å². The van der Waals surface area contributed by atoms with Crippen LogP contribution in [0, 0.1) is 10.1 Å². The van der Waals surface area contributed by atoms with E-state index in [0.29, 0.717) is 28.7 Å². The second-order valence-corrected chi connectivity index (χ2v) is 7.07. The van der Waals surface area contributed by atoms with Crippen molar-refractivity contribution in [1.29, 1.82) is 0 Å². The highest BCUT2D eigenvalue weighted by Crippen LogP contribution is 2.28. The molecule has 0 radical (unpaired) electrons. The second kappa shape index (κ2) is 11.5. The molecule has 9 nitrogen and oxygen atoms in total. The average molecular weight is 470 g/mol. The van der Waals surface area contributed by atoms with E-state index in [1.807, 2.05) is 12.1 Å². The number of para-hydroxylation sites is 2. The fraction of sp³-hybridized carbons (Fsp3) is 0.130. The minimum absolute atomic E-state index is 0.000514. The van der Waals surface area contributed by atoms with Gasteiger partial charge in [0.25, 0.3) is 5.91 Å². The fourth-order valence-electron chi connectivity index (χ4n) is 2.71. The highest BCUT2D eigenvalue weighted by Gasteiger charge is 2.14. The molecule has 0 fully saturated rings. The molecule has 0 atom stereocenters. The van der Waals surface area contributed by atoms with Crippen molar-refractivity contribution >= 4 is 29.4 Å². The predicted octanol–water partition coefficient (Wildman–Crippen LogP) is 4.36. The number of carbonyl (C=O) groups is 1. The maximum atomic E-state index is 11.9. The molecule has 0 aliphatic heterocycles. The van der Waals surface area contributed by atoms with Gasteiger partial charge in [-0.05, 0) is 47.5 Å². The Kier molecular flexibility index (Phi) is 8.20. The SMILES string of the molecule is COc1cc(C=NNC(=O)COc2ccccc2[N+](=O)[O-])ccc1OCc1ccc(Cl)cc1. The van der Waals surface area contributed by atoms with E-state index >= 15 is 0 Å². The Morgan fingerprint density at radius 1 is 1.06 bits per heavy atom. The average Bonchev–Trinajstić information content (AvgIpc) is 2.83. The van der Waals surface area contributed by atoms with Crippen molar-refractivity contribution in [2.24, 2.45) is 5.10 Å². The van der Waals surface area contributed by atoms with Crippen LogP contribution in [-0.4, -0.2) is 30.8 Å². The van der Waals surface area contributed by atoms with Gasteiger partial charge in [0.15, 0.2) is 23.9 Å². The molecule has 3 aromatic rings. The molecular formula is C23H20ClN3O6. The molecule has 3 rings (SSSR count). The molecule has 0 heterocycles. The third kappa shape index (κ3) is 6.94. The van der Waals surface area contributed by atoms with Crippen LogP contribution in [0.15, 0.2) is 71.8 Å². The maximum Gasteiger partial charge on any atom is 0.310 e. The molecule has 0 aliphatic carbocycles. The largest absolute Gasteiger partial charge is 0.493 e. The summed E-state index contributed by atoms with van der Waals surface area (Å²) in [4.78, 5) is 22.3. The number of amides is 1. The zero-order chi connectivity index (χ0) is 23.6. The van der Waals surface area contributed by atoms with Crippen LogP contribution < -0.4 is 19.6 Å². The minimum Gasteiger partial charge on any atom is -0.493 e. The summed E-state index contributed by atoms with van der Waals surface area (Å²) in [5, 5.41) is 15.5. The zero-order valence-electron chi connectivity index (χ0n) is 17.6. The molecule has 10 heteroatoms. The Hall–Kier alpha value is -4.11. The highest BCUT2D eigenvalue weighted by atomic mass is 35.5. The molecule has 1 N–H and O–H groups in total. The quantitative estimate of drug-likeness (QED) is 0.268. The molecular weight excluding hydrogens is 450 g/mol. The van der Waals surface area contributed by atoms with Gasteiger partial charge in [0.1, 0.15) is 6.61 Å². The molecule has 0 aliphatic rings. The van der Waals surface area contributed by atoms with Crippen LogP contribution in [0.4, 0.5) is 5.69 Å². The van der Waals surface area contributed by atoms with E-state index in [1.165, 1.54) is 31.5 Å². The normalized spacial score (nSPS) is 10.6. The van der Waals surface area contributed by atoms with Crippen molar-refractivity contribution in [3.63, 3.8) is 0 Å². The van der Waals surface area contributed by atoms with Gasteiger partial charge in [-0.15, -0.1) is 0 Å². The highest BCUT2D eigenvalue weighted by molar-refractivity contribution is 6.30. The van der Waals surface area contributed by atoms with Crippen LogP contribution >= 0.6 is 11.6 Å². The number of nitro benzene ring substituents is 1. The summed E-state index contributed by atoms with van der Waals surface area (Å²) in [7, 11) is 1.52. The number of hydrogen-bond acceptors (Lipinski definition) is 7. The van der Waals surface area contributed by atoms with Gasteiger partial charge in [0.2, 0.25) is 0 Å². The number of nitrogens with one attached hydrogen (secondary N) is 1. The van der Waals surface area contributed by atoms with Crippen LogP contribution in [0.2, 0.25) is 5.02 Å². The molecule has 1 amide bonds. The van der Waals surface area contributed by atoms with E-state index in [2.05, 4.69) is 10.5 Å². The zero-order valence-corrected chi connectivity index (χ0v) is 18.3. The number of hydrazone groups is 1. The molecule has 0 saturated carbocycles. The van der Waals surface area contributed by atoms with Gasteiger partial charge < -0.3 is 14.2 Å². The number of halogens is 1. The van der Waals surface area contributed by atoms with Crippen molar-refractivity contribution in [2.45, 2.75) is 6.61 Å². The first-order valence-electron chi connectivity index (χ1n) is 9.69. The summed E-state index contributed by atoms with van der Waals surface area (Å²) in [6, 6.07) is 18.3. The van der Waals surface area contributed by atoms with E-state index in [1.54, 1.807) is 36.4 Å². The minimum atomic E-state index is -0.582. The number of benzene rings is 3. The van der Waals surface area contributed by atoms with Crippen LogP contribution in [0.5, 0.6) is 17.2 Å². The molecule has 170 valence electrons. The summed E-state index contributed by atoms with van der Waals surface area (Å²) < 4.78 is 16.4. The van der Waals surface area contributed by atoms with Crippen LogP contribution in [0.25, 0.3) is 0 Å². The summed E-state index contributed by atoms with van der Waals surface area (Å²) in [6.07, 6.45) is 1.42. The molecule has 0 spiro atoms. The Bertz CT molecular complexity index is 1150. The van der Waals surface area contributed by atoms with E-state index in [9.17, 15) is 14.9 Å². The first-order chi connectivity index (χ1) is 16.0. The Morgan fingerprint density at radius 2 is 1.82 bits per heavy atom. The van der Waals surface area contributed by atoms with E-state index in [0.717, 1.165) is 5.56 Å². The number of rotatable bonds is 10. The topological polar surface area (TPSA) is 112 Å². The Morgan fingerprint density at radius 3 is 2.55 bits per heavy atom. The van der Waals surface area contributed by atoms with Crippen molar-refractivity contribution in [1.82, 2.24) is 5.43 Å². The smallest absolute Gasteiger partial charge is 0.310 e. The van der Waals surface area contributed by atoms with Gasteiger partial charge in [-0.1, -0.05) is 35.9 Å². The van der Waals surface area contributed by atoms with E-state index in [4.69, 9.17) is 25.8 Å². The number of carbonyl (C=O) groups excluding carboxylic acids is 1. The van der Waals surface area contributed by atoms with Gasteiger partial charge in [0.05, 0.1) is 18.2 Å². The second-order valence-electron chi connectivity index (χ2n) is 6.63. The van der Waals surface area contributed by atoms with E-state index in [-0.39, 0.29) is 11.4 Å². The van der Waals surface area contributed by atoms with Gasteiger partial charge in [-0.3, -0.25) is 14.9 Å². The lowest BCUT2D eigenvalue weighted by Crippen LogP contribution is -2.24. The molecule has 0 aromatic heterocycles. The third-order valence-corrected chi connectivity index (χ3v) is 4.57. The van der Waals surface area contributed by atoms with Crippen molar-refractivity contribution < 1.29 is 23.9 Å². The third-order valence-electron chi connectivity index (χ3n) is 4.32. The molecule has 33 heavy (non-hydrogen) atoms. The fourth-order valence-corrected chi connectivity index (χ4v) is 2.84. The van der Waals surface area contributed by atoms with Crippen molar-refractivity contribution in [2.75, 3.05) is 13.7 Å². The number of nitro groups is 1. The summed E-state index contributed by atoms with van der Waals surface area (Å²) in [5.41, 5.74) is 3.70. The number of nitrogens with zero attached hydrogens (tertiary/aromatic N) is 2. The first-order valence-corrected chi connectivity index (χ1v) is 10.1. The predicted molar refractivity (Wildman–Crippen MR) is 123 cm³/mol. The van der Waals surface area contributed by atoms with Gasteiger partial charge >= 0.3 is 5.69 Å². The van der Waals surface area contributed by atoms with Gasteiger partial charge in [0, 0.05) is 11.1 Å². The van der Waals surface area contributed by atoms with Crippen LogP contribution in [0.3, 0.4) is 0 Å². The summed E-state index contributed by atoms with van der Waals surface area (Å²) >= 11 is 5.89. The number of ether oxygens (including phenoxy) is 3. The van der Waals surface area contributed by atoms with Crippen molar-refractivity contribution in [3.05, 3.63) is 93.0 Å². The number of methoxy groups -OCH3 is 1. The van der Waals surface area contributed by atoms with Gasteiger partial charge in [-0.25, -0.2) is 5.43 Å². The lowest BCUT2D eigenvalue weighted by Gasteiger charge is -2.11.